The number of carbonyl (C=O) groups excluding carboxylic acids is 2. The second-order valence-corrected chi connectivity index (χ2v) is 3.98. The van der Waals surface area contributed by atoms with Crippen LogP contribution in [0.15, 0.2) is 24.3 Å². The van der Waals surface area contributed by atoms with Crippen LogP contribution in [0.1, 0.15) is 28.8 Å². The Balaban J connectivity index is 2.33. The Morgan fingerprint density at radius 2 is 2.11 bits per heavy atom. The lowest BCUT2D eigenvalue weighted by Crippen LogP contribution is -2.31. The molecule has 1 rings (SSSR count). The summed E-state index contributed by atoms with van der Waals surface area (Å²) >= 11 is 0. The van der Waals surface area contributed by atoms with Crippen molar-refractivity contribution in [2.24, 2.45) is 0 Å². The van der Waals surface area contributed by atoms with Crippen molar-refractivity contribution >= 4 is 11.9 Å². The van der Waals surface area contributed by atoms with Crippen LogP contribution in [0.2, 0.25) is 0 Å². The Morgan fingerprint density at radius 3 is 2.79 bits per heavy atom. The average molecular weight is 260 g/mol. The molecular weight excluding hydrogens is 244 g/mol. The highest BCUT2D eigenvalue weighted by Gasteiger charge is 2.10. The van der Waals surface area contributed by atoms with Gasteiger partial charge in [0, 0.05) is 12.0 Å². The van der Waals surface area contributed by atoms with Gasteiger partial charge in [-0.25, -0.2) is 0 Å². The van der Waals surface area contributed by atoms with Crippen molar-refractivity contribution in [1.29, 1.82) is 5.26 Å². The van der Waals surface area contributed by atoms with Gasteiger partial charge < -0.3 is 10.1 Å². The molecule has 0 heterocycles. The summed E-state index contributed by atoms with van der Waals surface area (Å²) in [5.74, 6) is -0.799. The zero-order valence-corrected chi connectivity index (χ0v) is 10.8. The lowest BCUT2D eigenvalue weighted by Gasteiger charge is -2.07. The van der Waals surface area contributed by atoms with Gasteiger partial charge in [0.2, 0.25) is 0 Å². The van der Waals surface area contributed by atoms with Gasteiger partial charge in [0.1, 0.15) is 6.54 Å². The Hall–Kier alpha value is -2.35. The number of nitriles is 1. The molecule has 0 saturated heterocycles. The van der Waals surface area contributed by atoms with E-state index in [1.54, 1.807) is 12.1 Å². The smallest absolute Gasteiger partial charge is 0.325 e. The van der Waals surface area contributed by atoms with Crippen LogP contribution in [0.4, 0.5) is 0 Å². The molecule has 100 valence electrons. The number of nitrogens with zero attached hydrogens (tertiary/aromatic N) is 1. The third kappa shape index (κ3) is 5.21. The van der Waals surface area contributed by atoms with Crippen molar-refractivity contribution in [3.63, 3.8) is 0 Å². The number of benzene rings is 1. The molecule has 0 spiro atoms. The molecule has 1 N–H and O–H groups in total. The molecule has 0 atom stereocenters. The van der Waals surface area contributed by atoms with Crippen LogP contribution in [0, 0.1) is 18.3 Å². The van der Waals surface area contributed by atoms with Crippen LogP contribution in [-0.4, -0.2) is 25.0 Å². The molecule has 1 aromatic carbocycles. The summed E-state index contributed by atoms with van der Waals surface area (Å²) in [6.07, 6.45) is 0.858. The maximum atomic E-state index is 11.8. The SMILES string of the molecule is Cc1ccccc1C(=O)NCC(=O)OCCCC#N. The Bertz CT molecular complexity index is 492. The first-order valence-corrected chi connectivity index (χ1v) is 6.01. The third-order valence-corrected chi connectivity index (χ3v) is 2.48. The van der Waals surface area contributed by atoms with E-state index >= 15 is 0 Å². The number of aryl methyl sites for hydroxylation is 1. The van der Waals surface area contributed by atoms with Crippen molar-refractivity contribution < 1.29 is 14.3 Å². The fourth-order valence-electron chi connectivity index (χ4n) is 1.46. The Morgan fingerprint density at radius 1 is 1.37 bits per heavy atom. The number of nitrogens with one attached hydrogen (secondary N) is 1. The average Bonchev–Trinajstić information content (AvgIpc) is 2.41. The highest BCUT2D eigenvalue weighted by atomic mass is 16.5. The molecule has 5 heteroatoms. The van der Waals surface area contributed by atoms with E-state index < -0.39 is 5.97 Å². The summed E-state index contributed by atoms with van der Waals surface area (Å²) in [7, 11) is 0. The molecular formula is C14H16N2O3. The molecule has 0 aliphatic heterocycles. The van der Waals surface area contributed by atoms with E-state index in [1.807, 2.05) is 25.1 Å². The number of ether oxygens (including phenoxy) is 1. The molecule has 0 radical (unpaired) electrons. The fraction of sp³-hybridized carbons (Fsp3) is 0.357. The van der Waals surface area contributed by atoms with Gasteiger partial charge >= 0.3 is 5.97 Å². The summed E-state index contributed by atoms with van der Waals surface area (Å²) in [6.45, 7) is 1.86. The highest BCUT2D eigenvalue weighted by Crippen LogP contribution is 2.06. The van der Waals surface area contributed by atoms with Crippen LogP contribution in [-0.2, 0) is 9.53 Å². The molecule has 0 aliphatic carbocycles. The molecule has 1 amide bonds. The quantitative estimate of drug-likeness (QED) is 0.622. The standard InChI is InChI=1S/C14H16N2O3/c1-11-6-2-3-7-12(11)14(18)16-10-13(17)19-9-5-4-8-15/h2-3,6-7H,4-5,9-10H2,1H3,(H,16,18). The first-order valence-electron chi connectivity index (χ1n) is 6.01. The first-order chi connectivity index (χ1) is 9.15. The van der Waals surface area contributed by atoms with Gasteiger partial charge in [-0.05, 0) is 25.0 Å². The van der Waals surface area contributed by atoms with Gasteiger partial charge in [0.15, 0.2) is 0 Å². The lowest BCUT2D eigenvalue weighted by atomic mass is 10.1. The van der Waals surface area contributed by atoms with Crippen molar-refractivity contribution in [3.8, 4) is 6.07 Å². The Kier molecular flexibility index (Phi) is 6.10. The molecule has 1 aromatic rings. The number of amides is 1. The largest absolute Gasteiger partial charge is 0.464 e. The molecule has 0 fully saturated rings. The van der Waals surface area contributed by atoms with Crippen LogP contribution in [0.5, 0.6) is 0 Å². The van der Waals surface area contributed by atoms with E-state index in [9.17, 15) is 9.59 Å². The fourth-order valence-corrected chi connectivity index (χ4v) is 1.46. The minimum Gasteiger partial charge on any atom is -0.464 e. The Labute approximate surface area is 112 Å². The van der Waals surface area contributed by atoms with E-state index in [1.165, 1.54) is 0 Å². The van der Waals surface area contributed by atoms with Gasteiger partial charge in [-0.2, -0.15) is 5.26 Å². The monoisotopic (exact) mass is 260 g/mol. The molecule has 0 saturated carbocycles. The lowest BCUT2D eigenvalue weighted by molar-refractivity contribution is -0.142. The second kappa shape index (κ2) is 7.88. The van der Waals surface area contributed by atoms with Gasteiger partial charge in [-0.15, -0.1) is 0 Å². The number of rotatable bonds is 6. The van der Waals surface area contributed by atoms with Crippen LogP contribution in [0.3, 0.4) is 0 Å². The summed E-state index contributed by atoms with van der Waals surface area (Å²) in [4.78, 5) is 23.1. The predicted octanol–water partition coefficient (Wildman–Crippen LogP) is 1.57. The highest BCUT2D eigenvalue weighted by molar-refractivity contribution is 5.97. The molecule has 0 unspecified atom stereocenters. The zero-order chi connectivity index (χ0) is 14.1. The van der Waals surface area contributed by atoms with Gasteiger partial charge in [0.25, 0.3) is 5.91 Å². The predicted molar refractivity (Wildman–Crippen MR) is 69.3 cm³/mol. The minimum absolute atomic E-state index is 0.167. The number of hydrogen-bond donors (Lipinski definition) is 1. The number of carbonyl (C=O) groups is 2. The molecule has 0 bridgehead atoms. The van der Waals surface area contributed by atoms with E-state index in [2.05, 4.69) is 5.32 Å². The molecule has 19 heavy (non-hydrogen) atoms. The normalized spacial score (nSPS) is 9.47. The van der Waals surface area contributed by atoms with E-state index in [-0.39, 0.29) is 19.1 Å². The van der Waals surface area contributed by atoms with Gasteiger partial charge in [-0.1, -0.05) is 18.2 Å². The number of esters is 1. The maximum Gasteiger partial charge on any atom is 0.325 e. The van der Waals surface area contributed by atoms with Crippen molar-refractivity contribution in [3.05, 3.63) is 35.4 Å². The second-order valence-electron chi connectivity index (χ2n) is 3.98. The summed E-state index contributed by atoms with van der Waals surface area (Å²) in [5.41, 5.74) is 1.39. The van der Waals surface area contributed by atoms with Gasteiger partial charge in [-0.3, -0.25) is 9.59 Å². The van der Waals surface area contributed by atoms with E-state index in [0.29, 0.717) is 18.4 Å². The molecule has 0 aromatic heterocycles. The van der Waals surface area contributed by atoms with E-state index in [0.717, 1.165) is 5.56 Å². The summed E-state index contributed by atoms with van der Waals surface area (Å²) in [6, 6.07) is 9.09. The van der Waals surface area contributed by atoms with Crippen LogP contribution >= 0.6 is 0 Å². The molecule has 5 nitrogen and oxygen atoms in total. The third-order valence-electron chi connectivity index (χ3n) is 2.48. The first kappa shape index (κ1) is 14.7. The van der Waals surface area contributed by atoms with E-state index in [4.69, 9.17) is 10.00 Å². The maximum absolute atomic E-state index is 11.8. The van der Waals surface area contributed by atoms with Crippen LogP contribution < -0.4 is 5.32 Å². The minimum atomic E-state index is -0.500. The number of hydrogen-bond acceptors (Lipinski definition) is 4. The van der Waals surface area contributed by atoms with Crippen molar-refractivity contribution in [2.75, 3.05) is 13.2 Å². The summed E-state index contributed by atoms with van der Waals surface area (Å²) in [5, 5.41) is 10.8. The number of unbranched alkanes of at least 4 members (excludes halogenated alkanes) is 1. The van der Waals surface area contributed by atoms with Crippen molar-refractivity contribution in [1.82, 2.24) is 5.32 Å². The van der Waals surface area contributed by atoms with Gasteiger partial charge in [0.05, 0.1) is 12.7 Å². The topological polar surface area (TPSA) is 79.2 Å². The van der Waals surface area contributed by atoms with Crippen molar-refractivity contribution in [2.45, 2.75) is 19.8 Å². The van der Waals surface area contributed by atoms with Crippen LogP contribution in [0.25, 0.3) is 0 Å². The summed E-state index contributed by atoms with van der Waals surface area (Å²) < 4.78 is 4.86. The molecule has 0 aliphatic rings. The zero-order valence-electron chi connectivity index (χ0n) is 10.8.